The fourth-order valence-electron chi connectivity index (χ4n) is 0.982. The predicted octanol–water partition coefficient (Wildman–Crippen LogP) is 1.18. The van der Waals surface area contributed by atoms with Crippen LogP contribution in [0.4, 0.5) is 4.39 Å². The van der Waals surface area contributed by atoms with E-state index in [0.717, 1.165) is 0 Å². The average molecular weight is 203 g/mol. The smallest absolute Gasteiger partial charge is 0.215 e. The van der Waals surface area contributed by atoms with Gasteiger partial charge in [-0.15, -0.1) is 0 Å². The van der Waals surface area contributed by atoms with Crippen molar-refractivity contribution in [3.8, 4) is 0 Å². The van der Waals surface area contributed by atoms with E-state index in [9.17, 15) is 12.8 Å². The maximum absolute atomic E-state index is 13.1. The summed E-state index contributed by atoms with van der Waals surface area (Å²) in [6.07, 6.45) is 0. The van der Waals surface area contributed by atoms with Gasteiger partial charge in [0.1, 0.15) is 11.1 Å². The highest BCUT2D eigenvalue weighted by atomic mass is 32.2. The molecule has 0 heterocycles. The molecule has 3 nitrogen and oxygen atoms in total. The van der Waals surface area contributed by atoms with E-state index in [0.29, 0.717) is 0 Å². The maximum atomic E-state index is 13.1. The number of rotatable bonds is 2. The van der Waals surface area contributed by atoms with Crippen LogP contribution in [0.1, 0.15) is 17.7 Å². The SMILES string of the molecule is C[C@H](c1ccccc1F)S(N)(=O)=O. The largest absolute Gasteiger partial charge is 0.228 e. The standard InChI is InChI=1S/C8H10FNO2S/c1-6(13(10,11)12)7-4-2-3-5-8(7)9/h2-6H,1H3,(H2,10,11,12)/t6-/m1/s1. The van der Waals surface area contributed by atoms with Crippen LogP contribution in [0, 0.1) is 5.82 Å². The first kappa shape index (κ1) is 10.1. The minimum atomic E-state index is -3.72. The Kier molecular flexibility index (Phi) is 2.68. The van der Waals surface area contributed by atoms with Crippen LogP contribution in [0.3, 0.4) is 0 Å². The number of nitrogens with two attached hydrogens (primary N) is 1. The molecule has 0 aliphatic rings. The van der Waals surface area contributed by atoms with Crippen molar-refractivity contribution in [3.63, 3.8) is 0 Å². The molecular weight excluding hydrogens is 193 g/mol. The van der Waals surface area contributed by atoms with Crippen LogP contribution < -0.4 is 5.14 Å². The maximum Gasteiger partial charge on any atom is 0.215 e. The Balaban J connectivity index is 3.17. The van der Waals surface area contributed by atoms with Crippen LogP contribution in [0.25, 0.3) is 0 Å². The number of hydrogen-bond acceptors (Lipinski definition) is 2. The van der Waals surface area contributed by atoms with Crippen molar-refractivity contribution in [2.45, 2.75) is 12.2 Å². The van der Waals surface area contributed by atoms with Crippen molar-refractivity contribution >= 4 is 10.0 Å². The first-order valence-electron chi connectivity index (χ1n) is 3.69. The van der Waals surface area contributed by atoms with E-state index in [1.807, 2.05) is 0 Å². The second-order valence-electron chi connectivity index (χ2n) is 2.75. The van der Waals surface area contributed by atoms with Gasteiger partial charge < -0.3 is 0 Å². The number of primary sulfonamides is 1. The zero-order valence-corrected chi connectivity index (χ0v) is 7.88. The summed E-state index contributed by atoms with van der Waals surface area (Å²) in [7, 11) is -3.72. The summed E-state index contributed by atoms with van der Waals surface area (Å²) in [5.74, 6) is -0.552. The Morgan fingerprint density at radius 2 is 1.92 bits per heavy atom. The summed E-state index contributed by atoms with van der Waals surface area (Å²) in [6.45, 7) is 1.35. The van der Waals surface area contributed by atoms with Crippen molar-refractivity contribution in [2.24, 2.45) is 5.14 Å². The number of benzene rings is 1. The van der Waals surface area contributed by atoms with Gasteiger partial charge in [0.25, 0.3) is 0 Å². The third-order valence-electron chi connectivity index (χ3n) is 1.84. The molecule has 1 aromatic carbocycles. The first-order valence-corrected chi connectivity index (χ1v) is 5.30. The molecule has 0 fully saturated rings. The van der Waals surface area contributed by atoms with Crippen LogP contribution in [-0.4, -0.2) is 8.42 Å². The van der Waals surface area contributed by atoms with Crippen molar-refractivity contribution in [3.05, 3.63) is 35.6 Å². The molecule has 13 heavy (non-hydrogen) atoms. The van der Waals surface area contributed by atoms with Gasteiger partial charge in [0.15, 0.2) is 0 Å². The average Bonchev–Trinajstić information content (AvgIpc) is 2.02. The van der Waals surface area contributed by atoms with E-state index in [-0.39, 0.29) is 5.56 Å². The molecule has 5 heteroatoms. The molecule has 0 amide bonds. The summed E-state index contributed by atoms with van der Waals surface area (Å²) < 4.78 is 34.8. The molecule has 0 spiro atoms. The fourth-order valence-corrected chi connectivity index (χ4v) is 1.53. The molecule has 0 saturated carbocycles. The lowest BCUT2D eigenvalue weighted by Crippen LogP contribution is -2.20. The molecule has 0 bridgehead atoms. The van der Waals surface area contributed by atoms with Gasteiger partial charge >= 0.3 is 0 Å². The Morgan fingerprint density at radius 3 is 2.38 bits per heavy atom. The zero-order valence-electron chi connectivity index (χ0n) is 7.07. The molecule has 0 radical (unpaired) electrons. The van der Waals surface area contributed by atoms with Crippen LogP contribution in [0.2, 0.25) is 0 Å². The van der Waals surface area contributed by atoms with E-state index in [1.165, 1.54) is 25.1 Å². The minimum absolute atomic E-state index is 0.102. The van der Waals surface area contributed by atoms with Crippen molar-refractivity contribution in [1.82, 2.24) is 0 Å². The molecule has 72 valence electrons. The summed E-state index contributed by atoms with van der Waals surface area (Å²) in [4.78, 5) is 0. The number of sulfonamides is 1. The van der Waals surface area contributed by atoms with Crippen molar-refractivity contribution < 1.29 is 12.8 Å². The Labute approximate surface area is 76.4 Å². The Hall–Kier alpha value is -0.940. The Bertz CT molecular complexity index is 402. The highest BCUT2D eigenvalue weighted by Gasteiger charge is 2.20. The lowest BCUT2D eigenvalue weighted by Gasteiger charge is -2.09. The van der Waals surface area contributed by atoms with Gasteiger partial charge in [-0.2, -0.15) is 0 Å². The van der Waals surface area contributed by atoms with Gasteiger partial charge in [-0.1, -0.05) is 18.2 Å². The second kappa shape index (κ2) is 3.43. The van der Waals surface area contributed by atoms with E-state index in [1.54, 1.807) is 6.07 Å². The molecule has 0 aliphatic carbocycles. The second-order valence-corrected chi connectivity index (χ2v) is 4.64. The van der Waals surface area contributed by atoms with Gasteiger partial charge in [-0.25, -0.2) is 17.9 Å². The third-order valence-corrected chi connectivity index (χ3v) is 3.08. The summed E-state index contributed by atoms with van der Waals surface area (Å²) >= 11 is 0. The summed E-state index contributed by atoms with van der Waals surface area (Å²) in [5.41, 5.74) is 0.102. The highest BCUT2D eigenvalue weighted by Crippen LogP contribution is 2.21. The van der Waals surface area contributed by atoms with Crippen LogP contribution >= 0.6 is 0 Å². The summed E-state index contributed by atoms with van der Waals surface area (Å²) in [5, 5.41) is 3.88. The van der Waals surface area contributed by atoms with Gasteiger partial charge in [-0.05, 0) is 13.0 Å². The normalized spacial score (nSPS) is 14.1. The molecule has 2 N–H and O–H groups in total. The summed E-state index contributed by atoms with van der Waals surface area (Å²) in [6, 6.07) is 5.68. The quantitative estimate of drug-likeness (QED) is 0.784. The lowest BCUT2D eigenvalue weighted by atomic mass is 10.1. The van der Waals surface area contributed by atoms with Crippen LogP contribution in [-0.2, 0) is 10.0 Å². The Morgan fingerprint density at radius 1 is 1.38 bits per heavy atom. The molecule has 0 unspecified atom stereocenters. The van der Waals surface area contributed by atoms with Crippen LogP contribution in [0.5, 0.6) is 0 Å². The molecule has 0 aliphatic heterocycles. The minimum Gasteiger partial charge on any atom is -0.228 e. The van der Waals surface area contributed by atoms with E-state index < -0.39 is 21.1 Å². The topological polar surface area (TPSA) is 60.2 Å². The molecule has 1 rings (SSSR count). The first-order chi connectivity index (χ1) is 5.93. The van der Waals surface area contributed by atoms with Crippen LogP contribution in [0.15, 0.2) is 24.3 Å². The zero-order chi connectivity index (χ0) is 10.1. The fraction of sp³-hybridized carbons (Fsp3) is 0.250. The van der Waals surface area contributed by atoms with Crippen molar-refractivity contribution in [2.75, 3.05) is 0 Å². The van der Waals surface area contributed by atoms with Gasteiger partial charge in [0, 0.05) is 5.56 Å². The highest BCUT2D eigenvalue weighted by molar-refractivity contribution is 7.89. The predicted molar refractivity (Wildman–Crippen MR) is 47.9 cm³/mol. The molecule has 0 aromatic heterocycles. The van der Waals surface area contributed by atoms with Gasteiger partial charge in [0.2, 0.25) is 10.0 Å². The molecule has 1 atom stereocenters. The molecular formula is C8H10FNO2S. The lowest BCUT2D eigenvalue weighted by molar-refractivity contribution is 0.575. The van der Waals surface area contributed by atoms with E-state index >= 15 is 0 Å². The monoisotopic (exact) mass is 203 g/mol. The number of hydrogen-bond donors (Lipinski definition) is 1. The number of halogens is 1. The molecule has 1 aromatic rings. The van der Waals surface area contributed by atoms with Gasteiger partial charge in [-0.3, -0.25) is 0 Å². The van der Waals surface area contributed by atoms with E-state index in [2.05, 4.69) is 0 Å². The van der Waals surface area contributed by atoms with Gasteiger partial charge in [0.05, 0.1) is 0 Å². The van der Waals surface area contributed by atoms with Crippen molar-refractivity contribution in [1.29, 1.82) is 0 Å². The van der Waals surface area contributed by atoms with E-state index in [4.69, 9.17) is 5.14 Å². The molecule has 0 saturated heterocycles. The third kappa shape index (κ3) is 2.26.